The van der Waals surface area contributed by atoms with Crippen LogP contribution < -0.4 is 16.0 Å². The van der Waals surface area contributed by atoms with Gasteiger partial charge in [-0.25, -0.2) is 9.97 Å². The minimum Gasteiger partial charge on any atom is -0.383 e. The Bertz CT molecular complexity index is 820. The second-order valence-corrected chi connectivity index (χ2v) is 7.59. The quantitative estimate of drug-likeness (QED) is 0.675. The lowest BCUT2D eigenvalue weighted by atomic mass is 9.99. The second kappa shape index (κ2) is 9.71. The van der Waals surface area contributed by atoms with Crippen LogP contribution in [0.1, 0.15) is 25.7 Å². The van der Waals surface area contributed by atoms with Gasteiger partial charge in [0.2, 0.25) is 5.91 Å². The van der Waals surface area contributed by atoms with E-state index < -0.39 is 0 Å². The number of carbonyl (C=O) groups excluding carboxylic acids is 1. The average Bonchev–Trinajstić information content (AvgIpc) is 2.79. The highest BCUT2D eigenvalue weighted by molar-refractivity contribution is 5.92. The van der Waals surface area contributed by atoms with E-state index in [2.05, 4.69) is 36.1 Å². The average molecular weight is 397 g/mol. The molecule has 29 heavy (non-hydrogen) atoms. The lowest BCUT2D eigenvalue weighted by molar-refractivity contribution is -0.120. The van der Waals surface area contributed by atoms with Gasteiger partial charge in [-0.1, -0.05) is 0 Å². The summed E-state index contributed by atoms with van der Waals surface area (Å²) in [4.78, 5) is 20.9. The zero-order chi connectivity index (χ0) is 19.9. The molecule has 4 rings (SSSR count). The third kappa shape index (κ3) is 5.45. The summed E-state index contributed by atoms with van der Waals surface area (Å²) in [5.41, 5.74) is 2.16. The lowest BCUT2D eigenvalue weighted by Crippen LogP contribution is -2.37. The van der Waals surface area contributed by atoms with E-state index in [4.69, 9.17) is 4.74 Å². The number of anilines is 2. The Morgan fingerprint density at radius 1 is 1.17 bits per heavy atom. The van der Waals surface area contributed by atoms with E-state index >= 15 is 0 Å². The maximum atomic E-state index is 12.4. The van der Waals surface area contributed by atoms with E-state index in [-0.39, 0.29) is 11.8 Å². The van der Waals surface area contributed by atoms with Crippen LogP contribution in [0.25, 0.3) is 11.4 Å². The predicted molar refractivity (Wildman–Crippen MR) is 109 cm³/mol. The standard InChI is InChI=1S/C20H27N7O2/c28-20(15-2-1-5-21-11-15)26-19-9-17(23-13-24-19)18-8-16(12-25-27-18)22-10-14-3-6-29-7-4-14/h8-9,12-15,21H,1-7,10-11H2,(H,22,27)(H,23,24,26,28)/t15-/m1/s1. The van der Waals surface area contributed by atoms with Gasteiger partial charge in [0, 0.05) is 32.4 Å². The highest BCUT2D eigenvalue weighted by atomic mass is 16.5. The molecule has 0 unspecified atom stereocenters. The fraction of sp³-hybridized carbons (Fsp3) is 0.550. The maximum Gasteiger partial charge on any atom is 0.229 e. The van der Waals surface area contributed by atoms with E-state index in [1.54, 1.807) is 12.3 Å². The Kier molecular flexibility index (Phi) is 6.58. The Hall–Kier alpha value is -2.65. The van der Waals surface area contributed by atoms with Gasteiger partial charge in [0.1, 0.15) is 17.8 Å². The number of hydrogen-bond donors (Lipinski definition) is 3. The van der Waals surface area contributed by atoms with E-state index in [1.165, 1.54) is 6.33 Å². The van der Waals surface area contributed by atoms with E-state index in [0.717, 1.165) is 57.7 Å². The highest BCUT2D eigenvalue weighted by Crippen LogP contribution is 2.21. The van der Waals surface area contributed by atoms with E-state index in [1.807, 2.05) is 6.07 Å². The molecule has 154 valence electrons. The van der Waals surface area contributed by atoms with Crippen molar-refractivity contribution in [1.82, 2.24) is 25.5 Å². The molecule has 9 nitrogen and oxygen atoms in total. The van der Waals surface area contributed by atoms with Crippen LogP contribution in [0, 0.1) is 11.8 Å². The van der Waals surface area contributed by atoms with Crippen LogP contribution in [0.2, 0.25) is 0 Å². The summed E-state index contributed by atoms with van der Waals surface area (Å²) in [6.45, 7) is 4.22. The number of amides is 1. The normalized spacial score (nSPS) is 20.2. The van der Waals surface area contributed by atoms with Crippen LogP contribution in [0.4, 0.5) is 11.5 Å². The van der Waals surface area contributed by atoms with Gasteiger partial charge in [0.15, 0.2) is 0 Å². The van der Waals surface area contributed by atoms with Crippen LogP contribution in [0.15, 0.2) is 24.7 Å². The Balaban J connectivity index is 1.40. The Morgan fingerprint density at radius 2 is 2.07 bits per heavy atom. The zero-order valence-electron chi connectivity index (χ0n) is 16.4. The van der Waals surface area contributed by atoms with Gasteiger partial charge in [-0.2, -0.15) is 5.10 Å². The van der Waals surface area contributed by atoms with Crippen LogP contribution >= 0.6 is 0 Å². The van der Waals surface area contributed by atoms with E-state index in [9.17, 15) is 4.79 Å². The first-order valence-electron chi connectivity index (χ1n) is 10.3. The van der Waals surface area contributed by atoms with Crippen LogP contribution in [0.5, 0.6) is 0 Å². The van der Waals surface area contributed by atoms with Gasteiger partial charge in [-0.05, 0) is 44.2 Å². The summed E-state index contributed by atoms with van der Waals surface area (Å²) in [5.74, 6) is 1.04. The Morgan fingerprint density at radius 3 is 2.90 bits per heavy atom. The van der Waals surface area contributed by atoms with Gasteiger partial charge in [-0.15, -0.1) is 5.10 Å². The summed E-state index contributed by atoms with van der Waals surface area (Å²) in [6.07, 6.45) is 7.20. The molecular formula is C20H27N7O2. The van der Waals surface area contributed by atoms with Gasteiger partial charge in [-0.3, -0.25) is 4.79 Å². The number of ether oxygens (including phenoxy) is 1. The van der Waals surface area contributed by atoms with Gasteiger partial charge in [0.05, 0.1) is 23.5 Å². The molecule has 9 heteroatoms. The van der Waals surface area contributed by atoms with Crippen LogP contribution in [-0.2, 0) is 9.53 Å². The molecule has 2 aromatic rings. The summed E-state index contributed by atoms with van der Waals surface area (Å²) < 4.78 is 5.41. The van der Waals surface area contributed by atoms with E-state index in [0.29, 0.717) is 29.7 Å². The van der Waals surface area contributed by atoms with Crippen molar-refractivity contribution in [3.05, 3.63) is 24.7 Å². The first-order valence-corrected chi connectivity index (χ1v) is 10.3. The van der Waals surface area contributed by atoms with Crippen LogP contribution in [-0.4, -0.2) is 58.9 Å². The summed E-state index contributed by atoms with van der Waals surface area (Å²) in [5, 5.41) is 17.9. The predicted octanol–water partition coefficient (Wildman–Crippen LogP) is 1.71. The number of rotatable bonds is 6. The van der Waals surface area contributed by atoms with Crippen molar-refractivity contribution in [3.8, 4) is 11.4 Å². The first-order chi connectivity index (χ1) is 14.3. The molecule has 3 N–H and O–H groups in total. The van der Waals surface area contributed by atoms with Crippen molar-refractivity contribution in [2.45, 2.75) is 25.7 Å². The number of nitrogens with one attached hydrogen (secondary N) is 3. The van der Waals surface area contributed by atoms with Crippen molar-refractivity contribution < 1.29 is 9.53 Å². The largest absolute Gasteiger partial charge is 0.383 e. The number of aromatic nitrogens is 4. The first kappa shape index (κ1) is 19.7. The highest BCUT2D eigenvalue weighted by Gasteiger charge is 2.21. The van der Waals surface area contributed by atoms with Crippen molar-refractivity contribution in [2.24, 2.45) is 11.8 Å². The molecule has 0 radical (unpaired) electrons. The fourth-order valence-corrected chi connectivity index (χ4v) is 3.67. The number of carbonyl (C=O) groups is 1. The van der Waals surface area contributed by atoms with Crippen molar-refractivity contribution in [1.29, 1.82) is 0 Å². The van der Waals surface area contributed by atoms with Gasteiger partial charge < -0.3 is 20.7 Å². The molecule has 0 bridgehead atoms. The molecule has 2 fully saturated rings. The van der Waals surface area contributed by atoms with Crippen molar-refractivity contribution in [3.63, 3.8) is 0 Å². The molecule has 0 aromatic carbocycles. The molecule has 0 spiro atoms. The number of piperidine rings is 1. The molecule has 0 saturated carbocycles. The molecule has 0 aliphatic carbocycles. The summed E-state index contributed by atoms with van der Waals surface area (Å²) >= 11 is 0. The number of hydrogen-bond acceptors (Lipinski definition) is 8. The summed E-state index contributed by atoms with van der Waals surface area (Å²) in [7, 11) is 0. The minimum absolute atomic E-state index is 0.0141. The fourth-order valence-electron chi connectivity index (χ4n) is 3.67. The van der Waals surface area contributed by atoms with Crippen molar-refractivity contribution in [2.75, 3.05) is 43.5 Å². The lowest BCUT2D eigenvalue weighted by Gasteiger charge is -2.22. The molecular weight excluding hydrogens is 370 g/mol. The number of nitrogens with zero attached hydrogens (tertiary/aromatic N) is 4. The Labute approximate surface area is 170 Å². The van der Waals surface area contributed by atoms with Gasteiger partial charge in [0.25, 0.3) is 0 Å². The molecule has 1 atom stereocenters. The monoisotopic (exact) mass is 397 g/mol. The van der Waals surface area contributed by atoms with Crippen LogP contribution in [0.3, 0.4) is 0 Å². The molecule has 2 aliphatic rings. The summed E-state index contributed by atoms with van der Waals surface area (Å²) in [6, 6.07) is 3.66. The minimum atomic E-state index is -0.0281. The maximum absolute atomic E-state index is 12.4. The molecule has 2 saturated heterocycles. The van der Waals surface area contributed by atoms with Crippen molar-refractivity contribution >= 4 is 17.4 Å². The third-order valence-electron chi connectivity index (χ3n) is 5.44. The molecule has 1 amide bonds. The molecule has 2 aliphatic heterocycles. The van der Waals surface area contributed by atoms with Gasteiger partial charge >= 0.3 is 0 Å². The topological polar surface area (TPSA) is 114 Å². The SMILES string of the molecule is O=C(Nc1cc(-c2cc(NCC3CCOCC3)cnn2)ncn1)[C@@H]1CCCNC1. The molecule has 2 aromatic heterocycles. The zero-order valence-corrected chi connectivity index (χ0v) is 16.4. The third-order valence-corrected chi connectivity index (χ3v) is 5.44. The molecule has 4 heterocycles. The second-order valence-electron chi connectivity index (χ2n) is 7.59. The smallest absolute Gasteiger partial charge is 0.229 e.